The van der Waals surface area contributed by atoms with Crippen molar-refractivity contribution >= 4 is 11.9 Å². The van der Waals surface area contributed by atoms with Crippen molar-refractivity contribution in [1.82, 2.24) is 0 Å². The van der Waals surface area contributed by atoms with Crippen molar-refractivity contribution in [2.24, 2.45) is 34.5 Å². The Morgan fingerprint density at radius 3 is 2.34 bits per heavy atom. The van der Waals surface area contributed by atoms with Crippen LogP contribution in [0.25, 0.3) is 0 Å². The molecule has 0 N–H and O–H groups in total. The van der Waals surface area contributed by atoms with Crippen LogP contribution in [0, 0.1) is 34.5 Å². The SMILES string of the molecule is C/C=C1/CC[C@@H]2[C@H]3CC[C@H]4C[C@@H](OC(C)=O)CC[C@@]4(C)[C@@H]3C[C@@H](OC(C)=O)[C@@]12C. The number of hydrogen-bond acceptors (Lipinski definition) is 4. The van der Waals surface area contributed by atoms with E-state index in [0.717, 1.165) is 38.0 Å². The number of carbonyl (C=O) groups is 2. The van der Waals surface area contributed by atoms with Gasteiger partial charge in [0.25, 0.3) is 0 Å². The van der Waals surface area contributed by atoms with Gasteiger partial charge in [0, 0.05) is 19.3 Å². The molecule has 0 bridgehead atoms. The first-order valence-electron chi connectivity index (χ1n) is 11.7. The molecule has 0 saturated heterocycles. The fourth-order valence-electron chi connectivity index (χ4n) is 8.19. The van der Waals surface area contributed by atoms with Crippen molar-refractivity contribution in [2.45, 2.75) is 98.2 Å². The summed E-state index contributed by atoms with van der Waals surface area (Å²) in [6.07, 6.45) is 11.3. The molecule has 0 radical (unpaired) electrons. The third-order valence-electron chi connectivity index (χ3n) is 9.53. The molecule has 0 heterocycles. The molecule has 0 aliphatic heterocycles. The van der Waals surface area contributed by atoms with Gasteiger partial charge in [-0.1, -0.05) is 25.5 Å². The standard InChI is InChI=1S/C25H38O4/c1-6-17-8-10-21-20-9-7-18-13-19(28-15(2)26)11-12-24(18,4)22(20)14-23(25(17,21)5)29-16(3)27/h6,18-23H,7-14H2,1-5H3/b17-6-/t18-,19-,20+,21+,22+,23+,24+,25-/m0/s1. The quantitative estimate of drug-likeness (QED) is 0.455. The summed E-state index contributed by atoms with van der Waals surface area (Å²) in [6, 6.07) is 0. The van der Waals surface area contributed by atoms with Crippen LogP contribution >= 0.6 is 0 Å². The Kier molecular flexibility index (Phi) is 5.36. The van der Waals surface area contributed by atoms with E-state index in [1.165, 1.54) is 31.8 Å². The highest BCUT2D eigenvalue weighted by molar-refractivity contribution is 5.66. The van der Waals surface area contributed by atoms with E-state index < -0.39 is 0 Å². The molecule has 4 fully saturated rings. The minimum absolute atomic E-state index is 0.000271. The predicted molar refractivity (Wildman–Crippen MR) is 112 cm³/mol. The van der Waals surface area contributed by atoms with Gasteiger partial charge in [-0.05, 0) is 87.4 Å². The fraction of sp³-hybridized carbons (Fsp3) is 0.840. The van der Waals surface area contributed by atoms with Crippen LogP contribution < -0.4 is 0 Å². The molecule has 0 amide bonds. The maximum Gasteiger partial charge on any atom is 0.302 e. The Labute approximate surface area is 175 Å². The van der Waals surface area contributed by atoms with Crippen LogP contribution in [0.5, 0.6) is 0 Å². The number of allylic oxidation sites excluding steroid dienone is 1. The van der Waals surface area contributed by atoms with Gasteiger partial charge in [0.15, 0.2) is 0 Å². The summed E-state index contributed by atoms with van der Waals surface area (Å²) < 4.78 is 11.6. The summed E-state index contributed by atoms with van der Waals surface area (Å²) in [5.74, 6) is 2.23. The van der Waals surface area contributed by atoms with Crippen LogP contribution in [0.3, 0.4) is 0 Å². The molecule has 4 rings (SSSR count). The van der Waals surface area contributed by atoms with E-state index in [0.29, 0.717) is 17.8 Å². The highest BCUT2D eigenvalue weighted by Gasteiger charge is 2.63. The van der Waals surface area contributed by atoms with Crippen molar-refractivity contribution in [3.05, 3.63) is 11.6 Å². The number of carbonyl (C=O) groups excluding carboxylic acids is 2. The zero-order chi connectivity index (χ0) is 21.0. The van der Waals surface area contributed by atoms with Crippen molar-refractivity contribution in [3.8, 4) is 0 Å². The Morgan fingerprint density at radius 2 is 1.69 bits per heavy atom. The van der Waals surface area contributed by atoms with Crippen LogP contribution in [-0.2, 0) is 19.1 Å². The van der Waals surface area contributed by atoms with Gasteiger partial charge in [-0.3, -0.25) is 9.59 Å². The van der Waals surface area contributed by atoms with E-state index in [4.69, 9.17) is 9.47 Å². The molecule has 0 unspecified atom stereocenters. The summed E-state index contributed by atoms with van der Waals surface area (Å²) in [4.78, 5) is 23.5. The lowest BCUT2D eigenvalue weighted by Gasteiger charge is -2.62. The summed E-state index contributed by atoms with van der Waals surface area (Å²) in [7, 11) is 0. The molecule has 0 aromatic carbocycles. The third kappa shape index (κ3) is 3.25. The first-order valence-corrected chi connectivity index (χ1v) is 11.7. The summed E-state index contributed by atoms with van der Waals surface area (Å²) in [5.41, 5.74) is 1.76. The van der Waals surface area contributed by atoms with Crippen LogP contribution in [0.15, 0.2) is 11.6 Å². The average Bonchev–Trinajstić information content (AvgIpc) is 2.99. The lowest BCUT2D eigenvalue weighted by atomic mass is 9.44. The molecule has 0 aromatic heterocycles. The largest absolute Gasteiger partial charge is 0.463 e. The zero-order valence-corrected chi connectivity index (χ0v) is 18.8. The van der Waals surface area contributed by atoms with Crippen LogP contribution in [-0.4, -0.2) is 24.1 Å². The molecule has 4 saturated carbocycles. The molecule has 8 atom stereocenters. The molecule has 0 aromatic rings. The molecule has 4 aliphatic carbocycles. The van der Waals surface area contributed by atoms with Crippen LogP contribution in [0.4, 0.5) is 0 Å². The maximum absolute atomic E-state index is 12.0. The Hall–Kier alpha value is -1.32. The monoisotopic (exact) mass is 402 g/mol. The van der Waals surface area contributed by atoms with Crippen molar-refractivity contribution in [2.75, 3.05) is 0 Å². The van der Waals surface area contributed by atoms with Crippen LogP contribution in [0.2, 0.25) is 0 Å². The molecular weight excluding hydrogens is 364 g/mol. The molecule has 0 spiro atoms. The van der Waals surface area contributed by atoms with Gasteiger partial charge < -0.3 is 9.47 Å². The minimum Gasteiger partial charge on any atom is -0.463 e. The van der Waals surface area contributed by atoms with E-state index in [-0.39, 0.29) is 35.0 Å². The number of hydrogen-bond donors (Lipinski definition) is 0. The second kappa shape index (κ2) is 7.42. The van der Waals surface area contributed by atoms with Gasteiger partial charge >= 0.3 is 11.9 Å². The second-order valence-electron chi connectivity index (χ2n) is 10.6. The van der Waals surface area contributed by atoms with Gasteiger partial charge in [0.2, 0.25) is 0 Å². The molecule has 29 heavy (non-hydrogen) atoms. The molecule has 4 aliphatic rings. The van der Waals surface area contributed by atoms with E-state index in [1.54, 1.807) is 6.92 Å². The highest BCUT2D eigenvalue weighted by Crippen LogP contribution is 2.67. The lowest BCUT2D eigenvalue weighted by molar-refractivity contribution is -0.183. The Bertz CT molecular complexity index is 712. The zero-order valence-electron chi connectivity index (χ0n) is 18.8. The van der Waals surface area contributed by atoms with E-state index >= 15 is 0 Å². The Morgan fingerprint density at radius 1 is 0.966 bits per heavy atom. The summed E-state index contributed by atoms with van der Waals surface area (Å²) >= 11 is 0. The highest BCUT2D eigenvalue weighted by atomic mass is 16.5. The van der Waals surface area contributed by atoms with Crippen molar-refractivity contribution in [3.63, 3.8) is 0 Å². The number of esters is 2. The van der Waals surface area contributed by atoms with E-state index in [1.807, 2.05) is 0 Å². The topological polar surface area (TPSA) is 52.6 Å². The molecule has 4 nitrogen and oxygen atoms in total. The van der Waals surface area contributed by atoms with Gasteiger partial charge in [-0.25, -0.2) is 0 Å². The van der Waals surface area contributed by atoms with Gasteiger partial charge in [0.1, 0.15) is 12.2 Å². The first-order chi connectivity index (χ1) is 13.7. The maximum atomic E-state index is 12.0. The number of rotatable bonds is 2. The first kappa shape index (κ1) is 20.9. The number of fused-ring (bicyclic) bond motifs is 5. The van der Waals surface area contributed by atoms with Gasteiger partial charge in [0.05, 0.1) is 0 Å². The molecule has 4 heteroatoms. The third-order valence-corrected chi connectivity index (χ3v) is 9.53. The predicted octanol–water partition coefficient (Wildman–Crippen LogP) is 5.45. The minimum atomic E-state index is -0.152. The summed E-state index contributed by atoms with van der Waals surface area (Å²) in [6.45, 7) is 10.1. The average molecular weight is 403 g/mol. The van der Waals surface area contributed by atoms with E-state index in [9.17, 15) is 9.59 Å². The van der Waals surface area contributed by atoms with Crippen molar-refractivity contribution < 1.29 is 19.1 Å². The smallest absolute Gasteiger partial charge is 0.302 e. The summed E-state index contributed by atoms with van der Waals surface area (Å²) in [5, 5.41) is 0. The fourth-order valence-corrected chi connectivity index (χ4v) is 8.19. The van der Waals surface area contributed by atoms with Crippen molar-refractivity contribution in [1.29, 1.82) is 0 Å². The van der Waals surface area contributed by atoms with E-state index in [2.05, 4.69) is 26.8 Å². The normalized spacial score (nSPS) is 47.7. The van der Waals surface area contributed by atoms with Gasteiger partial charge in [-0.2, -0.15) is 0 Å². The van der Waals surface area contributed by atoms with Crippen LogP contribution in [0.1, 0.15) is 86.0 Å². The van der Waals surface area contributed by atoms with Gasteiger partial charge in [-0.15, -0.1) is 0 Å². The number of ether oxygens (including phenoxy) is 2. The molecule has 162 valence electrons. The molecular formula is C25H38O4. The Balaban J connectivity index is 1.63. The lowest BCUT2D eigenvalue weighted by Crippen LogP contribution is -2.58. The second-order valence-corrected chi connectivity index (χ2v) is 10.6.